The van der Waals surface area contributed by atoms with Crippen molar-refractivity contribution in [3.63, 3.8) is 0 Å². The third-order valence-corrected chi connectivity index (χ3v) is 6.70. The molecule has 0 bridgehead atoms. The summed E-state index contributed by atoms with van der Waals surface area (Å²) in [7, 11) is 0. The summed E-state index contributed by atoms with van der Waals surface area (Å²) in [5.74, 6) is 0.396. The molecule has 2 aromatic rings. The van der Waals surface area contributed by atoms with Crippen molar-refractivity contribution < 1.29 is 19.4 Å². The zero-order valence-corrected chi connectivity index (χ0v) is 19.2. The molecule has 6 nitrogen and oxygen atoms in total. The number of aliphatic carboxylic acids is 1. The summed E-state index contributed by atoms with van der Waals surface area (Å²) in [6.45, 7) is 8.67. The predicted octanol–water partition coefficient (Wildman–Crippen LogP) is 5.38. The lowest BCUT2D eigenvalue weighted by atomic mass is 9.72. The van der Waals surface area contributed by atoms with Crippen LogP contribution in [0.2, 0.25) is 0 Å². The van der Waals surface area contributed by atoms with Crippen LogP contribution < -0.4 is 9.47 Å². The second-order valence-corrected chi connectivity index (χ2v) is 9.76. The highest BCUT2D eigenvalue weighted by atomic mass is 32.1. The Kier molecular flexibility index (Phi) is 7.01. The van der Waals surface area contributed by atoms with Crippen LogP contribution in [0.15, 0.2) is 23.2 Å². The van der Waals surface area contributed by atoms with Crippen molar-refractivity contribution in [1.82, 2.24) is 0 Å². The number of rotatable bonds is 7. The maximum absolute atomic E-state index is 10.8. The van der Waals surface area contributed by atoms with E-state index in [2.05, 4.69) is 31.8 Å². The zero-order valence-electron chi connectivity index (χ0n) is 18.4. The van der Waals surface area contributed by atoms with Crippen LogP contribution in [0.4, 0.5) is 5.00 Å². The molecule has 1 aromatic heterocycles. The van der Waals surface area contributed by atoms with Crippen LogP contribution in [0, 0.1) is 22.7 Å². The van der Waals surface area contributed by atoms with Crippen LogP contribution >= 0.6 is 11.3 Å². The van der Waals surface area contributed by atoms with Crippen LogP contribution in [-0.4, -0.2) is 30.5 Å². The second kappa shape index (κ2) is 9.52. The normalized spacial score (nSPS) is 16.0. The molecular formula is C24H28N2O4S. The first-order chi connectivity index (χ1) is 14.7. The molecule has 1 aliphatic rings. The fourth-order valence-electron chi connectivity index (χ4n) is 3.78. The molecule has 1 aromatic carbocycles. The van der Waals surface area contributed by atoms with E-state index in [0.717, 1.165) is 35.4 Å². The van der Waals surface area contributed by atoms with Crippen molar-refractivity contribution in [2.45, 2.75) is 47.0 Å². The van der Waals surface area contributed by atoms with E-state index >= 15 is 0 Å². The molecule has 3 rings (SSSR count). The fraction of sp³-hybridized carbons (Fsp3) is 0.458. The quantitative estimate of drug-likeness (QED) is 0.583. The number of aliphatic imine (C=N–C) groups is 1. The van der Waals surface area contributed by atoms with Crippen LogP contribution in [0.1, 0.15) is 55.7 Å². The van der Waals surface area contributed by atoms with Gasteiger partial charge in [-0.15, -0.1) is 11.3 Å². The van der Waals surface area contributed by atoms with Crippen LogP contribution in [0.3, 0.4) is 0 Å². The minimum Gasteiger partial charge on any atom is -0.490 e. The Labute approximate surface area is 187 Å². The summed E-state index contributed by atoms with van der Waals surface area (Å²) in [6, 6.07) is 7.59. The molecule has 1 heterocycles. The SMILES string of the molecule is CCOc1cc(C=Nc2sc3c(c2C#N)CC[C@@H](C(C)(C)C)C3)ccc1OCC(=O)O. The molecule has 1 atom stereocenters. The van der Waals surface area contributed by atoms with Gasteiger partial charge in [0.05, 0.1) is 12.2 Å². The minimum absolute atomic E-state index is 0.248. The lowest BCUT2D eigenvalue weighted by Crippen LogP contribution is -2.26. The molecular weight excluding hydrogens is 412 g/mol. The van der Waals surface area contributed by atoms with Crippen molar-refractivity contribution in [3.8, 4) is 17.6 Å². The predicted molar refractivity (Wildman–Crippen MR) is 122 cm³/mol. The molecule has 0 aliphatic heterocycles. The number of hydrogen-bond acceptors (Lipinski definition) is 6. The number of benzene rings is 1. The van der Waals surface area contributed by atoms with E-state index in [1.165, 1.54) is 4.88 Å². The first-order valence-electron chi connectivity index (χ1n) is 10.4. The molecule has 0 radical (unpaired) electrons. The number of nitriles is 1. The first kappa shape index (κ1) is 22.8. The Morgan fingerprint density at radius 1 is 1.35 bits per heavy atom. The highest BCUT2D eigenvalue weighted by Crippen LogP contribution is 2.44. The van der Waals surface area contributed by atoms with Crippen LogP contribution in [0.25, 0.3) is 0 Å². The van der Waals surface area contributed by atoms with Crippen molar-refractivity contribution in [3.05, 3.63) is 39.8 Å². The van der Waals surface area contributed by atoms with E-state index in [9.17, 15) is 10.1 Å². The fourth-order valence-corrected chi connectivity index (χ4v) is 5.00. The molecule has 31 heavy (non-hydrogen) atoms. The first-order valence-corrected chi connectivity index (χ1v) is 11.2. The van der Waals surface area contributed by atoms with Crippen LogP contribution in [-0.2, 0) is 17.6 Å². The van der Waals surface area contributed by atoms with E-state index in [0.29, 0.717) is 29.6 Å². The van der Waals surface area contributed by atoms with E-state index in [-0.39, 0.29) is 5.41 Å². The number of carbonyl (C=O) groups is 1. The van der Waals surface area contributed by atoms with Gasteiger partial charge in [0.2, 0.25) is 0 Å². The molecule has 0 saturated carbocycles. The Morgan fingerprint density at radius 3 is 2.77 bits per heavy atom. The number of nitrogens with zero attached hydrogens (tertiary/aromatic N) is 2. The van der Waals surface area contributed by atoms with Crippen molar-refractivity contribution in [2.24, 2.45) is 16.3 Å². The molecule has 0 saturated heterocycles. The zero-order chi connectivity index (χ0) is 22.6. The lowest BCUT2D eigenvalue weighted by molar-refractivity contribution is -0.139. The van der Waals surface area contributed by atoms with Gasteiger partial charge in [0, 0.05) is 11.1 Å². The lowest BCUT2D eigenvalue weighted by Gasteiger charge is -2.33. The average molecular weight is 441 g/mol. The number of carboxylic acids is 1. The Morgan fingerprint density at radius 2 is 2.13 bits per heavy atom. The van der Waals surface area contributed by atoms with Gasteiger partial charge in [-0.1, -0.05) is 20.8 Å². The number of carboxylic acid groups (broad SMARTS) is 1. The summed E-state index contributed by atoms with van der Waals surface area (Å²) in [5.41, 5.74) is 2.88. The van der Waals surface area contributed by atoms with Gasteiger partial charge in [0.15, 0.2) is 18.1 Å². The van der Waals surface area contributed by atoms with Crippen molar-refractivity contribution >= 4 is 28.5 Å². The molecule has 7 heteroatoms. The maximum Gasteiger partial charge on any atom is 0.341 e. The Balaban J connectivity index is 1.85. The van der Waals surface area contributed by atoms with Gasteiger partial charge >= 0.3 is 5.97 Å². The molecule has 1 N–H and O–H groups in total. The van der Waals surface area contributed by atoms with Gasteiger partial charge in [-0.25, -0.2) is 9.79 Å². The number of fused-ring (bicyclic) bond motifs is 1. The average Bonchev–Trinajstić information content (AvgIpc) is 3.07. The molecule has 0 spiro atoms. The molecule has 0 fully saturated rings. The Bertz CT molecular complexity index is 1030. The summed E-state index contributed by atoms with van der Waals surface area (Å²) in [5, 5.41) is 19.3. The highest BCUT2D eigenvalue weighted by Gasteiger charge is 2.32. The third kappa shape index (κ3) is 5.45. The largest absolute Gasteiger partial charge is 0.490 e. The van der Waals surface area contributed by atoms with E-state index in [4.69, 9.17) is 14.6 Å². The maximum atomic E-state index is 10.8. The van der Waals surface area contributed by atoms with Gasteiger partial charge in [-0.3, -0.25) is 0 Å². The minimum atomic E-state index is -1.05. The molecule has 1 aliphatic carbocycles. The summed E-state index contributed by atoms with van der Waals surface area (Å²) in [6.07, 6.45) is 4.73. The molecule has 164 valence electrons. The number of thiophene rings is 1. The summed E-state index contributed by atoms with van der Waals surface area (Å²) >= 11 is 1.61. The second-order valence-electron chi connectivity index (χ2n) is 8.68. The van der Waals surface area contributed by atoms with E-state index in [1.807, 2.05) is 6.92 Å². The highest BCUT2D eigenvalue weighted by molar-refractivity contribution is 7.16. The topological polar surface area (TPSA) is 91.9 Å². The summed E-state index contributed by atoms with van der Waals surface area (Å²) < 4.78 is 10.9. The molecule has 0 unspecified atom stereocenters. The number of hydrogen-bond donors (Lipinski definition) is 1. The van der Waals surface area contributed by atoms with Gasteiger partial charge in [-0.2, -0.15) is 5.26 Å². The molecule has 0 amide bonds. The standard InChI is InChI=1S/C24H28N2O4S/c1-5-29-20-10-15(6-9-19(20)30-14-22(27)28)13-26-23-18(12-25)17-8-7-16(24(2,3)4)11-21(17)31-23/h6,9-10,13,16H,5,7-8,11,14H2,1-4H3,(H,27,28)/t16-/m1/s1. The number of ether oxygens (including phenoxy) is 2. The van der Waals surface area contributed by atoms with Gasteiger partial charge in [0.1, 0.15) is 11.1 Å². The van der Waals surface area contributed by atoms with Crippen molar-refractivity contribution in [1.29, 1.82) is 5.26 Å². The smallest absolute Gasteiger partial charge is 0.341 e. The van der Waals surface area contributed by atoms with Gasteiger partial charge < -0.3 is 14.6 Å². The third-order valence-electron chi connectivity index (χ3n) is 5.53. The van der Waals surface area contributed by atoms with E-state index in [1.54, 1.807) is 35.8 Å². The van der Waals surface area contributed by atoms with Crippen LogP contribution in [0.5, 0.6) is 11.5 Å². The monoisotopic (exact) mass is 440 g/mol. The van der Waals surface area contributed by atoms with Crippen molar-refractivity contribution in [2.75, 3.05) is 13.2 Å². The van der Waals surface area contributed by atoms with Gasteiger partial charge in [0.25, 0.3) is 0 Å². The van der Waals surface area contributed by atoms with Gasteiger partial charge in [-0.05, 0) is 66.8 Å². The van der Waals surface area contributed by atoms with E-state index < -0.39 is 12.6 Å². The Hall–Kier alpha value is -2.85. The summed E-state index contributed by atoms with van der Waals surface area (Å²) in [4.78, 5) is 16.7.